The molecule has 0 spiro atoms. The average Bonchev–Trinajstić information content (AvgIpc) is 2.97. The van der Waals surface area contributed by atoms with Crippen LogP contribution in [0.4, 0.5) is 5.69 Å². The molecule has 0 aliphatic heterocycles. The van der Waals surface area contributed by atoms with E-state index in [0.717, 1.165) is 17.5 Å². The summed E-state index contributed by atoms with van der Waals surface area (Å²) < 4.78 is 0. The van der Waals surface area contributed by atoms with Gasteiger partial charge in [-0.15, -0.1) is 0 Å². The van der Waals surface area contributed by atoms with Crippen molar-refractivity contribution in [1.29, 1.82) is 0 Å². The van der Waals surface area contributed by atoms with Crippen molar-refractivity contribution in [2.75, 3.05) is 5.32 Å². The van der Waals surface area contributed by atoms with Gasteiger partial charge >= 0.3 is 0 Å². The van der Waals surface area contributed by atoms with E-state index in [-0.39, 0.29) is 0 Å². The van der Waals surface area contributed by atoms with E-state index in [0.29, 0.717) is 6.04 Å². The Bertz CT molecular complexity index is 530. The molecule has 2 N–H and O–H groups in total. The molecule has 3 heteroatoms. The molecule has 0 bridgehead atoms. The lowest BCUT2D eigenvalue weighted by Gasteiger charge is -2.33. The van der Waals surface area contributed by atoms with E-state index in [1.54, 1.807) is 6.20 Å². The standard InChI is InChI=1S/C17H23N3/c1-12-3-8-16(13(2)11-12)19-15-6-4-14(5-7-15)17-9-10-18-20-17/h4-7,9-10,12-13,16,19H,3,8,11H2,1-2H3,(H,18,20). The molecule has 1 aliphatic rings. The summed E-state index contributed by atoms with van der Waals surface area (Å²) in [6.07, 6.45) is 5.75. The van der Waals surface area contributed by atoms with Crippen LogP contribution in [0.3, 0.4) is 0 Å². The van der Waals surface area contributed by atoms with Gasteiger partial charge in [-0.05, 0) is 54.9 Å². The van der Waals surface area contributed by atoms with E-state index in [2.05, 4.69) is 53.6 Å². The number of H-pyrrole nitrogens is 1. The number of aromatic amines is 1. The zero-order valence-electron chi connectivity index (χ0n) is 12.3. The molecular formula is C17H23N3. The number of hydrogen-bond acceptors (Lipinski definition) is 2. The fourth-order valence-corrected chi connectivity index (χ4v) is 3.26. The zero-order chi connectivity index (χ0) is 13.9. The van der Waals surface area contributed by atoms with Gasteiger partial charge in [-0.25, -0.2) is 0 Å². The summed E-state index contributed by atoms with van der Waals surface area (Å²) in [5.74, 6) is 1.64. The molecule has 0 amide bonds. The summed E-state index contributed by atoms with van der Waals surface area (Å²) in [4.78, 5) is 0. The van der Waals surface area contributed by atoms with Crippen LogP contribution in [0.5, 0.6) is 0 Å². The molecule has 20 heavy (non-hydrogen) atoms. The van der Waals surface area contributed by atoms with Crippen molar-refractivity contribution >= 4 is 5.69 Å². The molecule has 1 heterocycles. The highest BCUT2D eigenvalue weighted by molar-refractivity contribution is 5.62. The molecule has 1 fully saturated rings. The Morgan fingerprint density at radius 3 is 2.55 bits per heavy atom. The van der Waals surface area contributed by atoms with Crippen LogP contribution in [0.25, 0.3) is 11.3 Å². The van der Waals surface area contributed by atoms with Crippen molar-refractivity contribution in [2.24, 2.45) is 11.8 Å². The van der Waals surface area contributed by atoms with Gasteiger partial charge in [-0.2, -0.15) is 5.10 Å². The number of nitrogens with zero attached hydrogens (tertiary/aromatic N) is 1. The monoisotopic (exact) mass is 269 g/mol. The number of aromatic nitrogens is 2. The van der Waals surface area contributed by atoms with Crippen LogP contribution in [0, 0.1) is 11.8 Å². The van der Waals surface area contributed by atoms with Crippen molar-refractivity contribution in [3.63, 3.8) is 0 Å². The third kappa shape index (κ3) is 2.87. The lowest BCUT2D eigenvalue weighted by molar-refractivity contribution is 0.276. The predicted octanol–water partition coefficient (Wildman–Crippen LogP) is 4.31. The molecule has 3 rings (SSSR count). The molecule has 3 atom stereocenters. The second kappa shape index (κ2) is 5.70. The van der Waals surface area contributed by atoms with Gasteiger partial charge in [-0.3, -0.25) is 5.10 Å². The van der Waals surface area contributed by atoms with E-state index in [9.17, 15) is 0 Å². The second-order valence-electron chi connectivity index (χ2n) is 6.19. The van der Waals surface area contributed by atoms with Gasteiger partial charge < -0.3 is 5.32 Å². The van der Waals surface area contributed by atoms with Crippen LogP contribution in [-0.2, 0) is 0 Å². The summed E-state index contributed by atoms with van der Waals surface area (Å²) in [6, 6.07) is 11.2. The van der Waals surface area contributed by atoms with Gasteiger partial charge in [0.2, 0.25) is 0 Å². The topological polar surface area (TPSA) is 40.7 Å². The summed E-state index contributed by atoms with van der Waals surface area (Å²) in [5, 5.41) is 10.7. The van der Waals surface area contributed by atoms with E-state index >= 15 is 0 Å². The Hall–Kier alpha value is -1.77. The van der Waals surface area contributed by atoms with E-state index < -0.39 is 0 Å². The van der Waals surface area contributed by atoms with Gasteiger partial charge in [0.25, 0.3) is 0 Å². The van der Waals surface area contributed by atoms with Gasteiger partial charge in [0, 0.05) is 17.9 Å². The van der Waals surface area contributed by atoms with Crippen molar-refractivity contribution in [2.45, 2.75) is 39.2 Å². The molecule has 3 unspecified atom stereocenters. The Morgan fingerprint density at radius 2 is 1.90 bits per heavy atom. The lowest BCUT2D eigenvalue weighted by Crippen LogP contribution is -2.32. The van der Waals surface area contributed by atoms with Gasteiger partial charge in [0.15, 0.2) is 0 Å². The molecule has 106 valence electrons. The minimum absolute atomic E-state index is 0.615. The molecule has 3 nitrogen and oxygen atoms in total. The van der Waals surface area contributed by atoms with Crippen LogP contribution in [0.15, 0.2) is 36.5 Å². The molecule has 2 aromatic rings. The van der Waals surface area contributed by atoms with Gasteiger partial charge in [-0.1, -0.05) is 26.0 Å². The van der Waals surface area contributed by atoms with Gasteiger partial charge in [0.05, 0.1) is 5.69 Å². The average molecular weight is 269 g/mol. The summed E-state index contributed by atoms with van der Waals surface area (Å²) in [7, 11) is 0. The van der Waals surface area contributed by atoms with Crippen molar-refractivity contribution < 1.29 is 0 Å². The maximum atomic E-state index is 3.99. The van der Waals surface area contributed by atoms with E-state index in [1.807, 2.05) is 6.07 Å². The van der Waals surface area contributed by atoms with Crippen molar-refractivity contribution in [3.8, 4) is 11.3 Å². The fraction of sp³-hybridized carbons (Fsp3) is 0.471. The zero-order valence-corrected chi connectivity index (χ0v) is 12.3. The largest absolute Gasteiger partial charge is 0.382 e. The normalized spacial score (nSPS) is 26.4. The molecular weight excluding hydrogens is 246 g/mol. The lowest BCUT2D eigenvalue weighted by atomic mass is 9.80. The molecule has 1 aromatic heterocycles. The summed E-state index contributed by atoms with van der Waals surface area (Å²) >= 11 is 0. The first-order chi connectivity index (χ1) is 9.72. The number of nitrogens with one attached hydrogen (secondary N) is 2. The van der Waals surface area contributed by atoms with Crippen molar-refractivity contribution in [1.82, 2.24) is 10.2 Å². The second-order valence-corrected chi connectivity index (χ2v) is 6.19. The van der Waals surface area contributed by atoms with Gasteiger partial charge in [0.1, 0.15) is 0 Å². The first kappa shape index (κ1) is 13.2. The first-order valence-corrected chi connectivity index (χ1v) is 7.58. The minimum atomic E-state index is 0.615. The van der Waals surface area contributed by atoms with Crippen LogP contribution in [0.1, 0.15) is 33.1 Å². The maximum Gasteiger partial charge on any atom is 0.0650 e. The number of rotatable bonds is 3. The Morgan fingerprint density at radius 1 is 1.10 bits per heavy atom. The van der Waals surface area contributed by atoms with Crippen LogP contribution >= 0.6 is 0 Å². The SMILES string of the molecule is CC1CCC(Nc2ccc(-c3ccn[nH]3)cc2)C(C)C1. The Labute approximate surface area is 120 Å². The Kier molecular flexibility index (Phi) is 3.77. The smallest absolute Gasteiger partial charge is 0.0650 e. The highest BCUT2D eigenvalue weighted by atomic mass is 15.1. The molecule has 1 saturated carbocycles. The van der Waals surface area contributed by atoms with Crippen LogP contribution < -0.4 is 5.32 Å². The van der Waals surface area contributed by atoms with Crippen LogP contribution in [-0.4, -0.2) is 16.2 Å². The third-order valence-corrected chi connectivity index (χ3v) is 4.48. The first-order valence-electron chi connectivity index (χ1n) is 7.58. The van der Waals surface area contributed by atoms with Crippen LogP contribution in [0.2, 0.25) is 0 Å². The van der Waals surface area contributed by atoms with Crippen molar-refractivity contribution in [3.05, 3.63) is 36.5 Å². The fourth-order valence-electron chi connectivity index (χ4n) is 3.26. The molecule has 0 radical (unpaired) electrons. The maximum absolute atomic E-state index is 3.99. The Balaban J connectivity index is 1.66. The summed E-state index contributed by atoms with van der Waals surface area (Å²) in [5.41, 5.74) is 3.47. The highest BCUT2D eigenvalue weighted by Gasteiger charge is 2.24. The van der Waals surface area contributed by atoms with E-state index in [1.165, 1.54) is 30.5 Å². The molecule has 0 saturated heterocycles. The predicted molar refractivity (Wildman–Crippen MR) is 83.6 cm³/mol. The third-order valence-electron chi connectivity index (χ3n) is 4.48. The quantitative estimate of drug-likeness (QED) is 0.871. The highest BCUT2D eigenvalue weighted by Crippen LogP contribution is 2.31. The molecule has 1 aromatic carbocycles. The summed E-state index contributed by atoms with van der Waals surface area (Å²) in [6.45, 7) is 4.73. The van der Waals surface area contributed by atoms with E-state index in [4.69, 9.17) is 0 Å². The number of anilines is 1. The number of benzene rings is 1. The minimum Gasteiger partial charge on any atom is -0.382 e. The molecule has 1 aliphatic carbocycles. The number of hydrogen-bond donors (Lipinski definition) is 2.